The fraction of sp³-hybridized carbons (Fsp3) is 0.480. The van der Waals surface area contributed by atoms with Crippen molar-refractivity contribution in [1.82, 2.24) is 24.6 Å². The van der Waals surface area contributed by atoms with Crippen molar-refractivity contribution < 1.29 is 9.13 Å². The molecule has 2 saturated heterocycles. The van der Waals surface area contributed by atoms with Crippen molar-refractivity contribution >= 4 is 17.4 Å². The third kappa shape index (κ3) is 3.34. The lowest BCUT2D eigenvalue weighted by Crippen LogP contribution is -2.62. The molecule has 1 saturated carbocycles. The van der Waals surface area contributed by atoms with Gasteiger partial charge >= 0.3 is 0 Å². The maximum absolute atomic E-state index is 13.5. The second-order valence-corrected chi connectivity index (χ2v) is 10.7. The molecule has 34 heavy (non-hydrogen) atoms. The summed E-state index contributed by atoms with van der Waals surface area (Å²) in [6, 6.07) is 11.5. The SMILES string of the molecule is Fc1cccc(N2CC3(CC(c4nnc5n4-c4ccc(Cl)cc4CN([C@@H]4CCOC4)C5)C3)C2)n1. The third-order valence-corrected chi connectivity index (χ3v) is 8.21. The largest absolute Gasteiger partial charge is 0.380 e. The molecule has 0 bridgehead atoms. The van der Waals surface area contributed by atoms with Crippen LogP contribution in [0.3, 0.4) is 0 Å². The minimum atomic E-state index is -0.423. The van der Waals surface area contributed by atoms with Crippen molar-refractivity contribution in [3.63, 3.8) is 0 Å². The van der Waals surface area contributed by atoms with Gasteiger partial charge in [-0.1, -0.05) is 17.7 Å². The van der Waals surface area contributed by atoms with E-state index in [9.17, 15) is 4.39 Å². The summed E-state index contributed by atoms with van der Waals surface area (Å²) in [6.07, 6.45) is 3.18. The van der Waals surface area contributed by atoms with Crippen LogP contribution in [0.25, 0.3) is 5.69 Å². The minimum absolute atomic E-state index is 0.270. The van der Waals surface area contributed by atoms with Crippen LogP contribution in [0.4, 0.5) is 10.2 Å². The molecule has 0 N–H and O–H groups in total. The standard InChI is InChI=1S/C25H26ClFN6O/c26-18-4-5-20-16(8-18)11-31(19-6-7-34-13-19)12-23-29-30-24(33(20)23)17-9-25(10-17)14-32(15-25)22-3-1-2-21(27)28-22/h1-5,8,17,19H,6-7,9-15H2/t19-/m1/s1. The van der Waals surface area contributed by atoms with E-state index in [2.05, 4.69) is 36.6 Å². The molecule has 5 heterocycles. The van der Waals surface area contributed by atoms with Gasteiger partial charge in [-0.15, -0.1) is 10.2 Å². The average molecular weight is 481 g/mol. The Morgan fingerprint density at radius 3 is 2.76 bits per heavy atom. The Kier molecular flexibility index (Phi) is 4.73. The lowest BCUT2D eigenvalue weighted by Gasteiger charge is -2.59. The van der Waals surface area contributed by atoms with Gasteiger partial charge in [0.2, 0.25) is 5.95 Å². The zero-order valence-corrected chi connectivity index (χ0v) is 19.6. The Bertz CT molecular complexity index is 1240. The Morgan fingerprint density at radius 2 is 1.97 bits per heavy atom. The fourth-order valence-corrected chi connectivity index (χ4v) is 6.50. The third-order valence-electron chi connectivity index (χ3n) is 7.98. The lowest BCUT2D eigenvalue weighted by atomic mass is 9.57. The zero-order valence-electron chi connectivity index (χ0n) is 18.8. The van der Waals surface area contributed by atoms with E-state index in [4.69, 9.17) is 21.4 Å². The van der Waals surface area contributed by atoms with Crippen molar-refractivity contribution in [2.45, 2.75) is 44.3 Å². The molecule has 0 amide bonds. The van der Waals surface area contributed by atoms with E-state index >= 15 is 0 Å². The molecular formula is C25H26ClFN6O. The summed E-state index contributed by atoms with van der Waals surface area (Å²) in [7, 11) is 0. The van der Waals surface area contributed by atoms with Crippen molar-refractivity contribution in [2.24, 2.45) is 5.41 Å². The van der Waals surface area contributed by atoms with Crippen LogP contribution in [-0.2, 0) is 17.8 Å². The predicted octanol–water partition coefficient (Wildman–Crippen LogP) is 3.94. The molecule has 2 aromatic heterocycles. The number of fused-ring (bicyclic) bond motifs is 3. The van der Waals surface area contributed by atoms with Gasteiger partial charge < -0.3 is 9.64 Å². The Balaban J connectivity index is 1.14. The van der Waals surface area contributed by atoms with E-state index in [1.54, 1.807) is 6.07 Å². The molecule has 0 unspecified atom stereocenters. The molecule has 1 spiro atoms. The number of pyridine rings is 1. The molecule has 3 fully saturated rings. The topological polar surface area (TPSA) is 59.3 Å². The summed E-state index contributed by atoms with van der Waals surface area (Å²) in [5.74, 6) is 2.72. The minimum Gasteiger partial charge on any atom is -0.380 e. The highest BCUT2D eigenvalue weighted by Crippen LogP contribution is 2.56. The van der Waals surface area contributed by atoms with E-state index in [0.29, 0.717) is 12.0 Å². The van der Waals surface area contributed by atoms with E-state index in [-0.39, 0.29) is 5.41 Å². The maximum atomic E-state index is 13.5. The molecule has 4 aliphatic rings. The zero-order chi connectivity index (χ0) is 22.9. The van der Waals surface area contributed by atoms with E-state index in [1.165, 1.54) is 11.6 Å². The Morgan fingerprint density at radius 1 is 1.09 bits per heavy atom. The lowest BCUT2D eigenvalue weighted by molar-refractivity contribution is 0.0580. The number of benzene rings is 1. The number of nitrogens with zero attached hydrogens (tertiary/aromatic N) is 6. The smallest absolute Gasteiger partial charge is 0.214 e. The first-order valence-electron chi connectivity index (χ1n) is 12.0. The highest BCUT2D eigenvalue weighted by atomic mass is 35.5. The van der Waals surface area contributed by atoms with E-state index in [0.717, 1.165) is 86.8 Å². The van der Waals surface area contributed by atoms with Gasteiger partial charge in [0.15, 0.2) is 5.82 Å². The van der Waals surface area contributed by atoms with Crippen LogP contribution in [0.1, 0.15) is 42.4 Å². The number of ether oxygens (including phenoxy) is 1. The number of halogens is 2. The predicted molar refractivity (Wildman–Crippen MR) is 126 cm³/mol. The molecule has 9 heteroatoms. The van der Waals surface area contributed by atoms with Gasteiger partial charge in [0.05, 0.1) is 18.8 Å². The molecular weight excluding hydrogens is 455 g/mol. The van der Waals surface area contributed by atoms with Crippen LogP contribution in [0.5, 0.6) is 0 Å². The summed E-state index contributed by atoms with van der Waals surface area (Å²) in [5, 5.41) is 10.1. The van der Waals surface area contributed by atoms with Gasteiger partial charge in [0, 0.05) is 48.6 Å². The quantitative estimate of drug-likeness (QED) is 0.529. The number of rotatable bonds is 3. The fourth-order valence-electron chi connectivity index (χ4n) is 6.31. The van der Waals surface area contributed by atoms with Gasteiger partial charge in [-0.3, -0.25) is 9.47 Å². The van der Waals surface area contributed by atoms with Crippen LogP contribution in [-0.4, -0.2) is 57.0 Å². The Hall–Kier alpha value is -2.55. The van der Waals surface area contributed by atoms with Crippen molar-refractivity contribution in [1.29, 1.82) is 0 Å². The Labute approximate surface area is 202 Å². The first-order valence-corrected chi connectivity index (χ1v) is 12.4. The van der Waals surface area contributed by atoms with Gasteiger partial charge in [0.1, 0.15) is 11.6 Å². The van der Waals surface area contributed by atoms with E-state index < -0.39 is 5.95 Å². The molecule has 176 valence electrons. The summed E-state index contributed by atoms with van der Waals surface area (Å²) in [5.41, 5.74) is 2.62. The number of hydrogen-bond acceptors (Lipinski definition) is 6. The molecule has 1 aliphatic carbocycles. The number of hydrogen-bond donors (Lipinski definition) is 0. The average Bonchev–Trinajstić information content (AvgIpc) is 3.40. The summed E-state index contributed by atoms with van der Waals surface area (Å²) < 4.78 is 21.5. The highest BCUT2D eigenvalue weighted by Gasteiger charge is 2.54. The summed E-state index contributed by atoms with van der Waals surface area (Å²) in [4.78, 5) is 8.66. The molecule has 3 aromatic rings. The second kappa shape index (κ2) is 7.73. The molecule has 0 radical (unpaired) electrons. The maximum Gasteiger partial charge on any atom is 0.214 e. The van der Waals surface area contributed by atoms with Crippen molar-refractivity contribution in [3.8, 4) is 5.69 Å². The van der Waals surface area contributed by atoms with Gasteiger partial charge in [-0.2, -0.15) is 4.39 Å². The first-order chi connectivity index (χ1) is 16.6. The highest BCUT2D eigenvalue weighted by molar-refractivity contribution is 6.30. The molecule has 1 atom stereocenters. The van der Waals surface area contributed by atoms with E-state index in [1.807, 2.05) is 12.1 Å². The van der Waals surface area contributed by atoms with Gasteiger partial charge in [-0.05, 0) is 55.2 Å². The summed E-state index contributed by atoms with van der Waals surface area (Å²) >= 11 is 6.40. The van der Waals surface area contributed by atoms with Gasteiger partial charge in [-0.25, -0.2) is 4.98 Å². The number of anilines is 1. The molecule has 7 rings (SSSR count). The van der Waals surface area contributed by atoms with Crippen molar-refractivity contribution in [3.05, 3.63) is 64.6 Å². The van der Waals surface area contributed by atoms with Gasteiger partial charge in [0.25, 0.3) is 0 Å². The van der Waals surface area contributed by atoms with Crippen LogP contribution < -0.4 is 4.90 Å². The first kappa shape index (κ1) is 20.8. The van der Waals surface area contributed by atoms with Crippen molar-refractivity contribution in [2.75, 3.05) is 31.2 Å². The molecule has 1 aromatic carbocycles. The van der Waals surface area contributed by atoms with Crippen LogP contribution >= 0.6 is 11.6 Å². The monoisotopic (exact) mass is 480 g/mol. The number of aromatic nitrogens is 4. The second-order valence-electron chi connectivity index (χ2n) is 10.3. The van der Waals surface area contributed by atoms with Crippen LogP contribution in [0.15, 0.2) is 36.4 Å². The normalized spacial score (nSPS) is 23.8. The van der Waals surface area contributed by atoms with Crippen LogP contribution in [0, 0.1) is 11.4 Å². The summed E-state index contributed by atoms with van der Waals surface area (Å²) in [6.45, 7) is 5.00. The molecule has 3 aliphatic heterocycles. The van der Waals surface area contributed by atoms with Crippen LogP contribution in [0.2, 0.25) is 5.02 Å². The molecule has 7 nitrogen and oxygen atoms in total.